The number of rotatable bonds is 5. The van der Waals surface area contributed by atoms with E-state index in [9.17, 15) is 0 Å². The Hall–Kier alpha value is -1.10. The van der Waals surface area contributed by atoms with Gasteiger partial charge in [0, 0.05) is 6.54 Å². The number of nitrogens with one attached hydrogen (secondary N) is 1. The van der Waals surface area contributed by atoms with Crippen LogP contribution in [-0.2, 0) is 0 Å². The molecule has 0 bridgehead atoms. The molecule has 0 unspecified atom stereocenters. The topological polar surface area (TPSA) is 59.9 Å². The first-order valence-corrected chi connectivity index (χ1v) is 6.48. The number of halogens is 1. The van der Waals surface area contributed by atoms with E-state index < -0.39 is 0 Å². The Morgan fingerprint density at radius 3 is 2.76 bits per heavy atom. The van der Waals surface area contributed by atoms with Crippen molar-refractivity contribution >= 4 is 17.5 Å². The lowest BCUT2D eigenvalue weighted by atomic mass is 10.3. The lowest BCUT2D eigenvalue weighted by Crippen LogP contribution is -2.14. The lowest BCUT2D eigenvalue weighted by Gasteiger charge is -2.11. The summed E-state index contributed by atoms with van der Waals surface area (Å²) >= 11 is 5.83. The zero-order valence-electron chi connectivity index (χ0n) is 9.95. The minimum Gasteiger partial charge on any atom is -0.460 e. The van der Waals surface area contributed by atoms with E-state index in [0.29, 0.717) is 12.0 Å². The van der Waals surface area contributed by atoms with Crippen LogP contribution >= 0.6 is 11.6 Å². The molecule has 0 aromatic carbocycles. The highest BCUT2D eigenvalue weighted by Crippen LogP contribution is 2.23. The van der Waals surface area contributed by atoms with Gasteiger partial charge in [0.25, 0.3) is 0 Å². The molecule has 1 N–H and O–H groups in total. The Morgan fingerprint density at radius 2 is 2.06 bits per heavy atom. The molecule has 0 saturated heterocycles. The molecule has 0 aliphatic heterocycles. The fourth-order valence-corrected chi connectivity index (χ4v) is 2.01. The van der Waals surface area contributed by atoms with Crippen LogP contribution in [0.25, 0.3) is 0 Å². The van der Waals surface area contributed by atoms with Gasteiger partial charge in [0.2, 0.25) is 11.2 Å². The number of anilines is 1. The Morgan fingerprint density at radius 1 is 1.29 bits per heavy atom. The molecule has 0 amide bonds. The minimum atomic E-state index is 0.173. The van der Waals surface area contributed by atoms with Crippen LogP contribution in [0.3, 0.4) is 0 Å². The molecule has 1 aliphatic carbocycles. The van der Waals surface area contributed by atoms with Crippen LogP contribution < -0.4 is 10.1 Å². The quantitative estimate of drug-likeness (QED) is 0.878. The third-order valence-corrected chi connectivity index (χ3v) is 2.86. The van der Waals surface area contributed by atoms with Gasteiger partial charge < -0.3 is 10.1 Å². The zero-order chi connectivity index (χ0) is 12.1. The predicted octanol–water partition coefficient (Wildman–Crippen LogP) is 2.67. The fourth-order valence-electron chi connectivity index (χ4n) is 1.86. The second kappa shape index (κ2) is 6.00. The smallest absolute Gasteiger partial charge is 0.322 e. The van der Waals surface area contributed by atoms with Crippen LogP contribution in [0.1, 0.15) is 39.0 Å². The molecule has 6 heteroatoms. The third-order valence-electron chi connectivity index (χ3n) is 2.69. The molecule has 2 rings (SSSR count). The summed E-state index contributed by atoms with van der Waals surface area (Å²) in [5, 5.41) is 3.25. The van der Waals surface area contributed by atoms with E-state index in [1.807, 2.05) is 0 Å². The molecule has 0 radical (unpaired) electrons. The van der Waals surface area contributed by atoms with E-state index in [1.165, 1.54) is 12.8 Å². The molecule has 5 nitrogen and oxygen atoms in total. The summed E-state index contributed by atoms with van der Waals surface area (Å²) in [5.41, 5.74) is 0. The highest BCUT2D eigenvalue weighted by molar-refractivity contribution is 6.28. The van der Waals surface area contributed by atoms with Gasteiger partial charge in [-0.05, 0) is 43.7 Å². The molecular weight excluding hydrogens is 240 g/mol. The molecule has 1 aliphatic rings. The molecule has 0 atom stereocenters. The Bertz CT molecular complexity index is 368. The van der Waals surface area contributed by atoms with E-state index in [4.69, 9.17) is 16.3 Å². The van der Waals surface area contributed by atoms with Crippen molar-refractivity contribution in [2.75, 3.05) is 11.9 Å². The number of ether oxygens (including phenoxy) is 1. The van der Waals surface area contributed by atoms with Crippen molar-refractivity contribution in [2.24, 2.45) is 0 Å². The fraction of sp³-hybridized carbons (Fsp3) is 0.727. The van der Waals surface area contributed by atoms with Gasteiger partial charge in [-0.25, -0.2) is 0 Å². The maximum absolute atomic E-state index is 5.83. The monoisotopic (exact) mass is 256 g/mol. The van der Waals surface area contributed by atoms with Crippen molar-refractivity contribution in [3.63, 3.8) is 0 Å². The Kier molecular flexibility index (Phi) is 4.36. The average molecular weight is 257 g/mol. The molecule has 94 valence electrons. The van der Waals surface area contributed by atoms with Crippen LogP contribution in [0.5, 0.6) is 6.01 Å². The van der Waals surface area contributed by atoms with Crippen LogP contribution in [0.2, 0.25) is 5.28 Å². The van der Waals surface area contributed by atoms with Gasteiger partial charge in [0.05, 0.1) is 0 Å². The van der Waals surface area contributed by atoms with Crippen molar-refractivity contribution in [1.29, 1.82) is 0 Å². The molecule has 1 heterocycles. The maximum Gasteiger partial charge on any atom is 0.322 e. The van der Waals surface area contributed by atoms with Gasteiger partial charge in [-0.3, -0.25) is 0 Å². The first-order valence-electron chi connectivity index (χ1n) is 6.10. The average Bonchev–Trinajstić information content (AvgIpc) is 2.78. The van der Waals surface area contributed by atoms with Crippen molar-refractivity contribution in [2.45, 2.75) is 45.1 Å². The summed E-state index contributed by atoms with van der Waals surface area (Å²) in [5.74, 6) is 0.486. The lowest BCUT2D eigenvalue weighted by molar-refractivity contribution is 0.192. The van der Waals surface area contributed by atoms with Crippen molar-refractivity contribution < 1.29 is 4.74 Å². The predicted molar refractivity (Wildman–Crippen MR) is 66.5 cm³/mol. The highest BCUT2D eigenvalue weighted by atomic mass is 35.5. The van der Waals surface area contributed by atoms with E-state index in [1.54, 1.807) is 0 Å². The van der Waals surface area contributed by atoms with Gasteiger partial charge in [-0.2, -0.15) is 15.0 Å². The van der Waals surface area contributed by atoms with E-state index in [0.717, 1.165) is 25.8 Å². The molecule has 0 spiro atoms. The van der Waals surface area contributed by atoms with Crippen LogP contribution in [0.4, 0.5) is 5.95 Å². The standard InChI is InChI=1S/C11H17ClN4O/c1-2-7-13-10-14-9(12)15-11(16-10)17-8-5-3-4-6-8/h8H,2-7H2,1H3,(H,13,14,15,16). The summed E-state index contributed by atoms with van der Waals surface area (Å²) in [6.45, 7) is 2.88. The van der Waals surface area contributed by atoms with Crippen molar-refractivity contribution in [3.05, 3.63) is 5.28 Å². The number of hydrogen-bond acceptors (Lipinski definition) is 5. The minimum absolute atomic E-state index is 0.173. The van der Waals surface area contributed by atoms with Crippen molar-refractivity contribution in [3.8, 4) is 6.01 Å². The zero-order valence-corrected chi connectivity index (χ0v) is 10.7. The second-order valence-corrected chi connectivity index (χ2v) is 4.50. The SMILES string of the molecule is CCCNc1nc(Cl)nc(OC2CCCC2)n1. The second-order valence-electron chi connectivity index (χ2n) is 4.16. The van der Waals surface area contributed by atoms with E-state index in [2.05, 4.69) is 27.2 Å². The summed E-state index contributed by atoms with van der Waals surface area (Å²) < 4.78 is 5.69. The summed E-state index contributed by atoms with van der Waals surface area (Å²) in [6.07, 6.45) is 5.80. The van der Waals surface area contributed by atoms with Gasteiger partial charge in [-0.1, -0.05) is 6.92 Å². The van der Waals surface area contributed by atoms with Gasteiger partial charge in [-0.15, -0.1) is 0 Å². The van der Waals surface area contributed by atoms with Crippen LogP contribution in [0, 0.1) is 0 Å². The number of hydrogen-bond donors (Lipinski definition) is 1. The molecule has 17 heavy (non-hydrogen) atoms. The number of nitrogens with zero attached hydrogens (tertiary/aromatic N) is 3. The van der Waals surface area contributed by atoms with Gasteiger partial charge >= 0.3 is 6.01 Å². The van der Waals surface area contributed by atoms with Crippen LogP contribution in [0.15, 0.2) is 0 Å². The van der Waals surface area contributed by atoms with Gasteiger partial charge in [0.1, 0.15) is 6.10 Å². The normalized spacial score (nSPS) is 16.1. The maximum atomic E-state index is 5.83. The molecule has 1 aromatic rings. The first-order chi connectivity index (χ1) is 8.28. The van der Waals surface area contributed by atoms with Crippen LogP contribution in [-0.4, -0.2) is 27.6 Å². The largest absolute Gasteiger partial charge is 0.460 e. The molecule has 1 fully saturated rings. The molecule has 1 aromatic heterocycles. The highest BCUT2D eigenvalue weighted by Gasteiger charge is 2.18. The first kappa shape index (κ1) is 12.4. The summed E-state index contributed by atoms with van der Waals surface area (Å²) in [7, 11) is 0. The summed E-state index contributed by atoms with van der Waals surface area (Å²) in [6, 6.07) is 0.329. The van der Waals surface area contributed by atoms with Crippen molar-refractivity contribution in [1.82, 2.24) is 15.0 Å². The molecular formula is C11H17ClN4O. The number of aromatic nitrogens is 3. The molecule has 1 saturated carbocycles. The van der Waals surface area contributed by atoms with E-state index >= 15 is 0 Å². The Labute approximate surface area is 106 Å². The van der Waals surface area contributed by atoms with Gasteiger partial charge in [0.15, 0.2) is 0 Å². The summed E-state index contributed by atoms with van der Waals surface area (Å²) in [4.78, 5) is 12.2. The third kappa shape index (κ3) is 3.70. The van der Waals surface area contributed by atoms with E-state index in [-0.39, 0.29) is 11.4 Å². The Balaban J connectivity index is 2.02.